The zero-order valence-corrected chi connectivity index (χ0v) is 29.9. The maximum Gasteiger partial charge on any atom is 0.246 e. The van der Waals surface area contributed by atoms with Crippen molar-refractivity contribution in [3.05, 3.63) is 36.4 Å². The number of nitriles is 1. The second-order valence-electron chi connectivity index (χ2n) is 15.7. The van der Waals surface area contributed by atoms with E-state index in [-0.39, 0.29) is 36.1 Å². The molecule has 7 rings (SSSR count). The van der Waals surface area contributed by atoms with Crippen LogP contribution in [0.25, 0.3) is 0 Å². The average Bonchev–Trinajstić information content (AvgIpc) is 3.35. The Bertz CT molecular complexity index is 1360. The van der Waals surface area contributed by atoms with E-state index in [1.54, 1.807) is 7.11 Å². The second kappa shape index (κ2) is 15.3. The van der Waals surface area contributed by atoms with Crippen LogP contribution in [-0.2, 0) is 16.0 Å². The van der Waals surface area contributed by atoms with Gasteiger partial charge in [0.2, 0.25) is 5.91 Å². The third kappa shape index (κ3) is 7.25. The van der Waals surface area contributed by atoms with Crippen LogP contribution in [0.3, 0.4) is 0 Å². The number of nitrogens with zero attached hydrogens (tertiary/aromatic N) is 5. The van der Waals surface area contributed by atoms with Gasteiger partial charge in [-0.15, -0.1) is 0 Å². The summed E-state index contributed by atoms with van der Waals surface area (Å²) in [5, 5.41) is 14.0. The van der Waals surface area contributed by atoms with Crippen LogP contribution in [0.1, 0.15) is 89.0 Å². The smallest absolute Gasteiger partial charge is 0.246 e. The Morgan fingerprint density at radius 3 is 2.67 bits per heavy atom. The minimum atomic E-state index is -0.209. The first kappa shape index (κ1) is 34.8. The number of benzene rings is 1. The van der Waals surface area contributed by atoms with Crippen molar-refractivity contribution in [1.29, 1.82) is 5.26 Å². The fraction of sp³-hybridized carbons (Fsp3) is 0.744. The van der Waals surface area contributed by atoms with Crippen LogP contribution in [-0.4, -0.2) is 115 Å². The Kier molecular flexibility index (Phi) is 10.8. The predicted octanol–water partition coefficient (Wildman–Crippen LogP) is 4.89. The van der Waals surface area contributed by atoms with Gasteiger partial charge in [-0.25, -0.2) is 4.90 Å². The first-order valence-electron chi connectivity index (χ1n) is 19.2. The number of nitrogens with one attached hydrogen (secondary N) is 1. The number of piperazine rings is 1. The lowest BCUT2D eigenvalue weighted by Crippen LogP contribution is -2.75. The highest BCUT2D eigenvalue weighted by Crippen LogP contribution is 2.48. The topological polar surface area (TPSA) is 93.5 Å². The molecule has 3 saturated heterocycles. The molecule has 49 heavy (non-hydrogen) atoms. The van der Waals surface area contributed by atoms with E-state index in [9.17, 15) is 10.1 Å². The zero-order chi connectivity index (χ0) is 34.0. The van der Waals surface area contributed by atoms with Crippen molar-refractivity contribution in [3.63, 3.8) is 0 Å². The molecule has 1 aromatic rings. The number of likely N-dealkylation sites (N-methyl/N-ethyl adjacent to an activating group) is 1. The number of methoxy groups -OCH3 is 1. The monoisotopic (exact) mass is 674 g/mol. The average molecular weight is 675 g/mol. The summed E-state index contributed by atoms with van der Waals surface area (Å²) in [5.74, 6) is 2.19. The molecular weight excluding hydrogens is 616 g/mol. The number of likely N-dealkylation sites (tertiary alicyclic amines) is 1. The van der Waals surface area contributed by atoms with Gasteiger partial charge in [-0.3, -0.25) is 15.0 Å². The van der Waals surface area contributed by atoms with Crippen LogP contribution in [0.15, 0.2) is 30.9 Å². The van der Waals surface area contributed by atoms with Crippen molar-refractivity contribution < 1.29 is 19.0 Å². The first-order valence-corrected chi connectivity index (χ1v) is 19.2. The lowest BCUT2D eigenvalue weighted by molar-refractivity contribution is -0.221. The Labute approximate surface area is 293 Å². The number of ether oxygens (including phenoxy) is 3. The van der Waals surface area contributed by atoms with E-state index in [0.717, 1.165) is 63.3 Å². The molecule has 10 nitrogen and oxygen atoms in total. The van der Waals surface area contributed by atoms with Gasteiger partial charge in [0, 0.05) is 50.1 Å². The molecular formula is C39H58N6O4. The van der Waals surface area contributed by atoms with Crippen molar-refractivity contribution in [1.82, 2.24) is 24.9 Å². The lowest BCUT2D eigenvalue weighted by Gasteiger charge is -2.60. The molecule has 1 N–H and O–H groups in total. The highest BCUT2D eigenvalue weighted by Gasteiger charge is 2.55. The fourth-order valence-electron chi connectivity index (χ4n) is 10.2. The Morgan fingerprint density at radius 1 is 1.10 bits per heavy atom. The molecule has 6 unspecified atom stereocenters. The van der Waals surface area contributed by atoms with Crippen LogP contribution in [0.4, 0.5) is 0 Å². The summed E-state index contributed by atoms with van der Waals surface area (Å²) in [6, 6.07) is 9.58. The number of aryl methyl sites for hydroxylation is 1. The van der Waals surface area contributed by atoms with Crippen molar-refractivity contribution in [3.8, 4) is 17.6 Å². The van der Waals surface area contributed by atoms with E-state index in [0.29, 0.717) is 37.5 Å². The standard InChI is InChI=1S/C39H58N6O4/c1-4-36(46)44-23-22-43(26-30(44)17-20-40)37-33-16-19-39(18-15-28-24-32(47-3)13-14-35(28)49-39)25-34(33)41-38(48-27-31-12-9-21-42(31)2)45(37)29-10-7-5-6-8-11-29/h4,13-14,24,29-31,33-34,37-38,41H,1,5-12,15-19,21-23,25-27H2,2-3H3/t30?,31?,33?,34?,37?,38?,39-/m0/s1. The molecule has 10 heteroatoms. The summed E-state index contributed by atoms with van der Waals surface area (Å²) in [6.45, 7) is 7.71. The minimum absolute atomic E-state index is 0.0717. The molecule has 0 radical (unpaired) electrons. The molecule has 0 bridgehead atoms. The van der Waals surface area contributed by atoms with E-state index in [1.165, 1.54) is 63.0 Å². The third-order valence-corrected chi connectivity index (χ3v) is 12.8. The number of rotatable bonds is 8. The van der Waals surface area contributed by atoms with Crippen molar-refractivity contribution in [2.45, 2.75) is 132 Å². The van der Waals surface area contributed by atoms with E-state index in [2.05, 4.69) is 51.8 Å². The molecule has 2 saturated carbocycles. The van der Waals surface area contributed by atoms with Gasteiger partial charge in [0.1, 0.15) is 17.1 Å². The molecule has 268 valence electrons. The molecule has 1 spiro atoms. The second-order valence-corrected chi connectivity index (χ2v) is 15.7. The lowest BCUT2D eigenvalue weighted by atomic mass is 9.69. The summed E-state index contributed by atoms with van der Waals surface area (Å²) < 4.78 is 19.6. The largest absolute Gasteiger partial charge is 0.497 e. The van der Waals surface area contributed by atoms with Crippen LogP contribution >= 0.6 is 0 Å². The third-order valence-electron chi connectivity index (χ3n) is 12.8. The van der Waals surface area contributed by atoms with Crippen molar-refractivity contribution in [2.75, 3.05) is 46.9 Å². The molecule has 4 heterocycles. The maximum atomic E-state index is 12.9. The van der Waals surface area contributed by atoms with Gasteiger partial charge >= 0.3 is 0 Å². The van der Waals surface area contributed by atoms with Crippen molar-refractivity contribution >= 4 is 5.91 Å². The molecule has 4 aliphatic heterocycles. The Hall–Kier alpha value is -2.68. The number of fused-ring (bicyclic) bond motifs is 2. The van der Waals surface area contributed by atoms with E-state index in [1.807, 2.05) is 11.0 Å². The van der Waals surface area contributed by atoms with Gasteiger partial charge in [0.05, 0.1) is 38.4 Å². The summed E-state index contributed by atoms with van der Waals surface area (Å²) in [5.41, 5.74) is 1.03. The van der Waals surface area contributed by atoms with Gasteiger partial charge in [0.15, 0.2) is 6.35 Å². The van der Waals surface area contributed by atoms with Crippen LogP contribution in [0.5, 0.6) is 11.5 Å². The number of hydrogen-bond acceptors (Lipinski definition) is 9. The zero-order valence-electron chi connectivity index (χ0n) is 29.9. The Balaban J connectivity index is 1.21. The summed E-state index contributed by atoms with van der Waals surface area (Å²) in [6.07, 6.45) is 16.6. The number of amides is 1. The highest BCUT2D eigenvalue weighted by molar-refractivity contribution is 5.87. The number of carbonyl (C=O) groups excluding carboxylic acids is 1. The first-order chi connectivity index (χ1) is 23.9. The van der Waals surface area contributed by atoms with Crippen LogP contribution in [0, 0.1) is 17.2 Å². The van der Waals surface area contributed by atoms with E-state index >= 15 is 0 Å². The number of carbonyl (C=O) groups is 1. The molecule has 2 aliphatic carbocycles. The Morgan fingerprint density at radius 2 is 1.94 bits per heavy atom. The quantitative estimate of drug-likeness (QED) is 0.306. The molecule has 5 fully saturated rings. The summed E-state index contributed by atoms with van der Waals surface area (Å²) in [7, 11) is 3.95. The van der Waals surface area contributed by atoms with Crippen molar-refractivity contribution in [2.24, 2.45) is 5.92 Å². The predicted molar refractivity (Wildman–Crippen MR) is 189 cm³/mol. The minimum Gasteiger partial charge on any atom is -0.497 e. The van der Waals surface area contributed by atoms with Gasteiger partial charge < -0.3 is 24.0 Å². The van der Waals surface area contributed by atoms with E-state index < -0.39 is 0 Å². The van der Waals surface area contributed by atoms with Gasteiger partial charge in [-0.2, -0.15) is 5.26 Å². The molecule has 6 aliphatic rings. The van der Waals surface area contributed by atoms with E-state index in [4.69, 9.17) is 14.2 Å². The maximum absolute atomic E-state index is 12.9. The highest BCUT2D eigenvalue weighted by atomic mass is 16.5. The normalized spacial score (nSPS) is 34.8. The van der Waals surface area contributed by atoms with Gasteiger partial charge in [0.25, 0.3) is 0 Å². The summed E-state index contributed by atoms with van der Waals surface area (Å²) in [4.78, 5) is 22.6. The van der Waals surface area contributed by atoms with Gasteiger partial charge in [-0.05, 0) is 94.8 Å². The number of hydrogen-bond donors (Lipinski definition) is 1. The molecule has 0 aromatic heterocycles. The molecule has 1 amide bonds. The van der Waals surface area contributed by atoms with Crippen LogP contribution < -0.4 is 14.8 Å². The summed E-state index contributed by atoms with van der Waals surface area (Å²) >= 11 is 0. The SMILES string of the molecule is C=CC(=O)N1CCN(C2C3CC[C@@]4(CCc5cc(OC)ccc5O4)CC3NC(OCC3CCCN3C)N2C2CCCCCC2)CC1CC#N. The fourth-order valence-corrected chi connectivity index (χ4v) is 10.2. The van der Waals surface area contributed by atoms with Crippen LogP contribution in [0.2, 0.25) is 0 Å². The molecule has 1 aromatic carbocycles. The van der Waals surface area contributed by atoms with Gasteiger partial charge in [-0.1, -0.05) is 32.3 Å². The molecule has 7 atom stereocenters.